The van der Waals surface area contributed by atoms with Crippen molar-refractivity contribution in [2.45, 2.75) is 53.1 Å². The third kappa shape index (κ3) is 5.03. The first-order chi connectivity index (χ1) is 10.8. The maximum atomic E-state index is 11.5. The summed E-state index contributed by atoms with van der Waals surface area (Å²) >= 11 is 0. The number of rotatable bonds is 6. The molecule has 1 heterocycles. The molecule has 0 fully saturated rings. The lowest BCUT2D eigenvalue weighted by Gasteiger charge is -2.22. The van der Waals surface area contributed by atoms with E-state index in [1.807, 2.05) is 31.3 Å². The molecular formula is C19H26N2O2. The van der Waals surface area contributed by atoms with Gasteiger partial charge in [0, 0.05) is 23.8 Å². The number of hydrogen-bond donors (Lipinski definition) is 2. The molecule has 1 unspecified atom stereocenters. The number of nitrogens with zero attached hydrogens (tertiary/aromatic N) is 1. The highest BCUT2D eigenvalue weighted by Gasteiger charge is 2.20. The van der Waals surface area contributed by atoms with Crippen LogP contribution in [0.2, 0.25) is 0 Å². The number of fused-ring (bicyclic) bond motifs is 1. The number of pyridine rings is 1. The summed E-state index contributed by atoms with van der Waals surface area (Å²) in [6, 6.07) is 7.61. The predicted octanol–water partition coefficient (Wildman–Crippen LogP) is 3.91. The molecule has 2 N–H and O–H groups in total. The Hall–Kier alpha value is -1.94. The van der Waals surface area contributed by atoms with Gasteiger partial charge >= 0.3 is 5.97 Å². The molecule has 1 aromatic carbocycles. The van der Waals surface area contributed by atoms with Crippen molar-refractivity contribution >= 4 is 16.7 Å². The van der Waals surface area contributed by atoms with Gasteiger partial charge in [0.05, 0.1) is 0 Å². The topological polar surface area (TPSA) is 62.2 Å². The predicted molar refractivity (Wildman–Crippen MR) is 93.4 cm³/mol. The number of aromatic nitrogens is 1. The van der Waals surface area contributed by atoms with Gasteiger partial charge in [-0.25, -0.2) is 0 Å². The second-order valence-corrected chi connectivity index (χ2v) is 7.34. The normalized spacial score (nSPS) is 13.2. The summed E-state index contributed by atoms with van der Waals surface area (Å²) in [5.74, 6) is -0.788. The summed E-state index contributed by atoms with van der Waals surface area (Å²) < 4.78 is 0. The molecule has 124 valence electrons. The molecule has 0 aliphatic carbocycles. The van der Waals surface area contributed by atoms with Gasteiger partial charge in [0.15, 0.2) is 0 Å². The van der Waals surface area contributed by atoms with Gasteiger partial charge in [-0.15, -0.1) is 0 Å². The molecule has 0 bridgehead atoms. The monoisotopic (exact) mass is 314 g/mol. The van der Waals surface area contributed by atoms with Gasteiger partial charge in [-0.1, -0.05) is 39.0 Å². The van der Waals surface area contributed by atoms with Crippen LogP contribution in [0.3, 0.4) is 0 Å². The molecule has 0 aliphatic heterocycles. The number of aryl methyl sites for hydroxylation is 1. The maximum absolute atomic E-state index is 11.5. The zero-order valence-corrected chi connectivity index (χ0v) is 14.4. The second-order valence-electron chi connectivity index (χ2n) is 7.34. The van der Waals surface area contributed by atoms with E-state index in [9.17, 15) is 9.90 Å². The highest BCUT2D eigenvalue weighted by atomic mass is 16.4. The number of carbonyl (C=O) groups is 1. The van der Waals surface area contributed by atoms with Gasteiger partial charge in [0.1, 0.15) is 6.04 Å². The molecule has 4 heteroatoms. The summed E-state index contributed by atoms with van der Waals surface area (Å²) in [5, 5.41) is 14.8. The van der Waals surface area contributed by atoms with Crippen LogP contribution in [-0.2, 0) is 11.3 Å². The Morgan fingerprint density at radius 3 is 2.74 bits per heavy atom. The third-order valence-electron chi connectivity index (χ3n) is 4.01. The molecule has 2 aromatic rings. The summed E-state index contributed by atoms with van der Waals surface area (Å²) in [6.07, 6.45) is 3.36. The minimum Gasteiger partial charge on any atom is -0.480 e. The molecule has 0 aliphatic rings. The van der Waals surface area contributed by atoms with Crippen LogP contribution in [-0.4, -0.2) is 22.1 Å². The number of hydrogen-bond acceptors (Lipinski definition) is 3. The first-order valence-corrected chi connectivity index (χ1v) is 8.07. The summed E-state index contributed by atoms with van der Waals surface area (Å²) in [4.78, 5) is 15.8. The zero-order valence-electron chi connectivity index (χ0n) is 14.4. The number of carboxylic acid groups (broad SMARTS) is 1. The van der Waals surface area contributed by atoms with Crippen LogP contribution >= 0.6 is 0 Å². The highest BCUT2D eigenvalue weighted by Crippen LogP contribution is 2.22. The smallest absolute Gasteiger partial charge is 0.320 e. The van der Waals surface area contributed by atoms with Gasteiger partial charge in [0.25, 0.3) is 0 Å². The average Bonchev–Trinajstić information content (AvgIpc) is 2.45. The van der Waals surface area contributed by atoms with Crippen molar-refractivity contribution in [1.82, 2.24) is 10.3 Å². The second kappa shape index (κ2) is 7.09. The van der Waals surface area contributed by atoms with E-state index in [1.54, 1.807) is 0 Å². The standard InChI is InChI=1S/C19H26N2O2/c1-13-10-14-6-5-7-15(16(14)12-20-13)11-21-17(18(22)23)8-9-19(2,3)4/h5-7,10,12,17,21H,8-9,11H2,1-4H3,(H,22,23). The van der Waals surface area contributed by atoms with E-state index >= 15 is 0 Å². The summed E-state index contributed by atoms with van der Waals surface area (Å²) in [5.41, 5.74) is 2.20. The van der Waals surface area contributed by atoms with Crippen molar-refractivity contribution in [2.24, 2.45) is 5.41 Å². The third-order valence-corrected chi connectivity index (χ3v) is 4.01. The van der Waals surface area contributed by atoms with Crippen molar-refractivity contribution in [1.29, 1.82) is 0 Å². The fraction of sp³-hybridized carbons (Fsp3) is 0.474. The van der Waals surface area contributed by atoms with Gasteiger partial charge in [-0.3, -0.25) is 9.78 Å². The van der Waals surface area contributed by atoms with Crippen molar-refractivity contribution in [3.05, 3.63) is 41.7 Å². The van der Waals surface area contributed by atoms with Gasteiger partial charge in [-0.2, -0.15) is 0 Å². The van der Waals surface area contributed by atoms with E-state index in [-0.39, 0.29) is 5.41 Å². The molecule has 0 spiro atoms. The fourth-order valence-electron chi connectivity index (χ4n) is 2.62. The molecule has 23 heavy (non-hydrogen) atoms. The van der Waals surface area contributed by atoms with E-state index in [2.05, 4.69) is 37.1 Å². The lowest BCUT2D eigenvalue weighted by atomic mass is 9.88. The number of benzene rings is 1. The Balaban J connectivity index is 2.10. The van der Waals surface area contributed by atoms with E-state index in [1.165, 1.54) is 0 Å². The van der Waals surface area contributed by atoms with Gasteiger partial charge in [0.2, 0.25) is 0 Å². The number of nitrogens with one attached hydrogen (secondary N) is 1. The van der Waals surface area contributed by atoms with E-state index in [4.69, 9.17) is 0 Å². The van der Waals surface area contributed by atoms with Gasteiger partial charge in [-0.05, 0) is 42.2 Å². The Kier molecular flexibility index (Phi) is 5.37. The van der Waals surface area contributed by atoms with Crippen LogP contribution in [0.15, 0.2) is 30.5 Å². The maximum Gasteiger partial charge on any atom is 0.320 e. The quantitative estimate of drug-likeness (QED) is 0.848. The van der Waals surface area contributed by atoms with E-state index in [0.29, 0.717) is 13.0 Å². The fourth-order valence-corrected chi connectivity index (χ4v) is 2.62. The van der Waals surface area contributed by atoms with Crippen LogP contribution in [0.4, 0.5) is 0 Å². The van der Waals surface area contributed by atoms with Crippen molar-refractivity contribution in [2.75, 3.05) is 0 Å². The summed E-state index contributed by atoms with van der Waals surface area (Å²) in [7, 11) is 0. The Morgan fingerprint density at radius 1 is 1.35 bits per heavy atom. The molecule has 0 saturated heterocycles. The molecule has 1 atom stereocenters. The van der Waals surface area contributed by atoms with Crippen molar-refractivity contribution in [3.8, 4) is 0 Å². The Bertz CT molecular complexity index is 689. The number of aliphatic carboxylic acids is 1. The molecule has 4 nitrogen and oxygen atoms in total. The van der Waals surface area contributed by atoms with Gasteiger partial charge < -0.3 is 10.4 Å². The zero-order chi connectivity index (χ0) is 17.0. The largest absolute Gasteiger partial charge is 0.480 e. The SMILES string of the molecule is Cc1cc2cccc(CNC(CCC(C)(C)C)C(=O)O)c2cn1. The first-order valence-electron chi connectivity index (χ1n) is 8.07. The van der Waals surface area contributed by atoms with Crippen molar-refractivity contribution < 1.29 is 9.90 Å². The number of carboxylic acids is 1. The van der Waals surface area contributed by atoms with Crippen LogP contribution in [0, 0.1) is 12.3 Å². The Morgan fingerprint density at radius 2 is 2.09 bits per heavy atom. The van der Waals surface area contributed by atoms with Crippen molar-refractivity contribution in [3.63, 3.8) is 0 Å². The lowest BCUT2D eigenvalue weighted by molar-refractivity contribution is -0.139. The molecule has 0 saturated carbocycles. The van der Waals surface area contributed by atoms with Crippen LogP contribution < -0.4 is 5.32 Å². The molecule has 2 rings (SSSR count). The average molecular weight is 314 g/mol. The van der Waals surface area contributed by atoms with E-state index in [0.717, 1.165) is 28.5 Å². The van der Waals surface area contributed by atoms with Crippen LogP contribution in [0.25, 0.3) is 10.8 Å². The van der Waals surface area contributed by atoms with E-state index < -0.39 is 12.0 Å². The molecule has 0 radical (unpaired) electrons. The van der Waals surface area contributed by atoms with Crippen LogP contribution in [0.1, 0.15) is 44.9 Å². The minimum absolute atomic E-state index is 0.135. The minimum atomic E-state index is -0.788. The molecule has 1 aromatic heterocycles. The highest BCUT2D eigenvalue weighted by molar-refractivity contribution is 5.85. The lowest BCUT2D eigenvalue weighted by Crippen LogP contribution is -2.37. The molecular weight excluding hydrogens is 288 g/mol. The first kappa shape index (κ1) is 17.4. The molecule has 0 amide bonds. The van der Waals surface area contributed by atoms with Crippen LogP contribution in [0.5, 0.6) is 0 Å². The Labute approximate surface area is 137 Å². The summed E-state index contributed by atoms with van der Waals surface area (Å²) in [6.45, 7) is 8.89.